The average Bonchev–Trinajstić information content (AvgIpc) is 2.58. The highest BCUT2D eigenvalue weighted by molar-refractivity contribution is 9.10. The summed E-state index contributed by atoms with van der Waals surface area (Å²) in [5, 5.41) is 22.7. The van der Waals surface area contributed by atoms with Crippen molar-refractivity contribution in [3.8, 4) is 23.0 Å². The van der Waals surface area contributed by atoms with E-state index in [0.717, 1.165) is 0 Å². The van der Waals surface area contributed by atoms with Crippen LogP contribution in [0.5, 0.6) is 23.0 Å². The minimum atomic E-state index is -0.462. The number of ether oxygens (including phenoxy) is 2. The Morgan fingerprint density at radius 1 is 1.32 bits per heavy atom. The van der Waals surface area contributed by atoms with Crippen LogP contribution >= 0.6 is 15.9 Å². The molecule has 0 spiro atoms. The van der Waals surface area contributed by atoms with Crippen molar-refractivity contribution in [2.75, 3.05) is 13.7 Å². The van der Waals surface area contributed by atoms with Gasteiger partial charge in [-0.2, -0.15) is 5.10 Å². The molecule has 2 aromatic rings. The van der Waals surface area contributed by atoms with Gasteiger partial charge in [-0.1, -0.05) is 0 Å². The van der Waals surface area contributed by atoms with Gasteiger partial charge in [0.25, 0.3) is 5.91 Å². The minimum absolute atomic E-state index is 0.0648. The van der Waals surface area contributed by atoms with Gasteiger partial charge in [0, 0.05) is 17.2 Å². The third-order valence-electron chi connectivity index (χ3n) is 3.16. The summed E-state index contributed by atoms with van der Waals surface area (Å²) >= 11 is 3.35. The van der Waals surface area contributed by atoms with Crippen LogP contribution in [-0.2, 0) is 0 Å². The number of carbonyl (C=O) groups is 1. The first-order valence-corrected chi connectivity index (χ1v) is 8.11. The molecule has 1 amide bonds. The highest BCUT2D eigenvalue weighted by Gasteiger charge is 2.15. The molecule has 0 saturated heterocycles. The second-order valence-electron chi connectivity index (χ2n) is 4.86. The number of phenolic OH excluding ortho intramolecular Hbond substituents is 2. The van der Waals surface area contributed by atoms with Gasteiger partial charge < -0.3 is 19.7 Å². The Morgan fingerprint density at radius 2 is 2.08 bits per heavy atom. The number of methoxy groups -OCH3 is 1. The van der Waals surface area contributed by atoms with Crippen molar-refractivity contribution < 1.29 is 24.5 Å². The number of aromatic hydroxyl groups is 2. The van der Waals surface area contributed by atoms with Gasteiger partial charge in [0.05, 0.1) is 24.4 Å². The highest BCUT2D eigenvalue weighted by Crippen LogP contribution is 2.36. The fraction of sp³-hybridized carbons (Fsp3) is 0.176. The standard InChI is InChI=1S/C17H17BrN2O5/c1-3-25-16-13(18)6-11(7-15(16)24-2)17(23)20-19-9-10-4-5-12(21)8-14(10)22/h4-9,21-22H,3H2,1-2H3,(H,20,23)/b19-9+. The van der Waals surface area contributed by atoms with Gasteiger partial charge in [0.1, 0.15) is 11.5 Å². The summed E-state index contributed by atoms with van der Waals surface area (Å²) in [5.74, 6) is 0.255. The van der Waals surface area contributed by atoms with E-state index < -0.39 is 5.91 Å². The maximum Gasteiger partial charge on any atom is 0.271 e. The van der Waals surface area contributed by atoms with Crippen LogP contribution < -0.4 is 14.9 Å². The van der Waals surface area contributed by atoms with Crippen LogP contribution in [0.3, 0.4) is 0 Å². The SMILES string of the molecule is CCOc1c(Br)cc(C(=O)N/N=C/c2ccc(O)cc2O)cc1OC. The molecule has 0 aromatic heterocycles. The van der Waals surface area contributed by atoms with Crippen molar-refractivity contribution in [1.29, 1.82) is 0 Å². The van der Waals surface area contributed by atoms with E-state index in [1.165, 1.54) is 31.5 Å². The number of rotatable bonds is 6. The zero-order valence-electron chi connectivity index (χ0n) is 13.6. The molecule has 132 valence electrons. The van der Waals surface area contributed by atoms with Crippen molar-refractivity contribution >= 4 is 28.1 Å². The molecule has 0 radical (unpaired) electrons. The summed E-state index contributed by atoms with van der Waals surface area (Å²) in [6.45, 7) is 2.31. The molecule has 0 fully saturated rings. The largest absolute Gasteiger partial charge is 0.508 e. The van der Waals surface area contributed by atoms with Crippen LogP contribution in [0, 0.1) is 0 Å². The summed E-state index contributed by atoms with van der Waals surface area (Å²) in [5.41, 5.74) is 3.03. The van der Waals surface area contributed by atoms with E-state index in [0.29, 0.717) is 33.7 Å². The maximum absolute atomic E-state index is 12.2. The van der Waals surface area contributed by atoms with E-state index >= 15 is 0 Å². The number of phenols is 2. The zero-order chi connectivity index (χ0) is 18.4. The molecule has 0 aliphatic carbocycles. The van der Waals surface area contributed by atoms with Crippen LogP contribution in [0.4, 0.5) is 0 Å². The fourth-order valence-corrected chi connectivity index (χ4v) is 2.56. The Labute approximate surface area is 153 Å². The maximum atomic E-state index is 12.2. The monoisotopic (exact) mass is 408 g/mol. The van der Waals surface area contributed by atoms with Gasteiger partial charge in [-0.25, -0.2) is 5.43 Å². The van der Waals surface area contributed by atoms with Crippen molar-refractivity contribution in [2.24, 2.45) is 5.10 Å². The van der Waals surface area contributed by atoms with Gasteiger partial charge in [0.2, 0.25) is 0 Å². The summed E-state index contributed by atoms with van der Waals surface area (Å²) in [6, 6.07) is 7.18. The second-order valence-corrected chi connectivity index (χ2v) is 5.72. The Bertz CT molecular complexity index is 808. The smallest absolute Gasteiger partial charge is 0.271 e. The molecule has 2 aromatic carbocycles. The van der Waals surface area contributed by atoms with Crippen LogP contribution in [0.2, 0.25) is 0 Å². The lowest BCUT2D eigenvalue weighted by atomic mass is 10.2. The lowest BCUT2D eigenvalue weighted by Crippen LogP contribution is -2.18. The third kappa shape index (κ3) is 4.63. The van der Waals surface area contributed by atoms with Crippen LogP contribution in [0.1, 0.15) is 22.8 Å². The molecule has 0 aliphatic heterocycles. The first-order valence-electron chi connectivity index (χ1n) is 7.32. The third-order valence-corrected chi connectivity index (χ3v) is 3.75. The topological polar surface area (TPSA) is 100 Å². The van der Waals surface area contributed by atoms with Crippen molar-refractivity contribution in [2.45, 2.75) is 6.92 Å². The highest BCUT2D eigenvalue weighted by atomic mass is 79.9. The normalized spacial score (nSPS) is 10.7. The quantitative estimate of drug-likeness (QED) is 0.503. The first-order chi connectivity index (χ1) is 12.0. The number of nitrogens with zero attached hydrogens (tertiary/aromatic N) is 1. The average molecular weight is 409 g/mol. The lowest BCUT2D eigenvalue weighted by Gasteiger charge is -2.12. The van der Waals surface area contributed by atoms with E-state index in [1.54, 1.807) is 12.1 Å². The molecule has 3 N–H and O–H groups in total. The molecule has 0 bridgehead atoms. The summed E-state index contributed by atoms with van der Waals surface area (Å²) in [4.78, 5) is 12.2. The molecule has 0 atom stereocenters. The molecule has 8 heteroatoms. The number of halogens is 1. The Hall–Kier alpha value is -2.74. The van der Waals surface area contributed by atoms with E-state index in [-0.39, 0.29) is 11.5 Å². The van der Waals surface area contributed by atoms with Crippen molar-refractivity contribution in [1.82, 2.24) is 5.43 Å². The number of hydrazone groups is 1. The number of nitrogens with one attached hydrogen (secondary N) is 1. The molecular formula is C17H17BrN2O5. The number of amides is 1. The van der Waals surface area contributed by atoms with Crippen molar-refractivity contribution in [3.63, 3.8) is 0 Å². The summed E-state index contributed by atoms with van der Waals surface area (Å²) < 4.78 is 11.3. The molecule has 0 unspecified atom stereocenters. The van der Waals surface area contributed by atoms with Crippen LogP contribution in [0.15, 0.2) is 39.9 Å². The van der Waals surface area contributed by atoms with E-state index in [1.807, 2.05) is 6.92 Å². The fourth-order valence-electron chi connectivity index (χ4n) is 2.00. The van der Waals surface area contributed by atoms with Gasteiger partial charge in [-0.3, -0.25) is 4.79 Å². The number of carbonyl (C=O) groups excluding carboxylic acids is 1. The predicted octanol–water partition coefficient (Wildman–Crippen LogP) is 3.03. The van der Waals surface area contributed by atoms with Crippen molar-refractivity contribution in [3.05, 3.63) is 45.9 Å². The Balaban J connectivity index is 2.15. The molecule has 0 aliphatic rings. The summed E-state index contributed by atoms with van der Waals surface area (Å²) in [7, 11) is 1.48. The zero-order valence-corrected chi connectivity index (χ0v) is 15.2. The Morgan fingerprint density at radius 3 is 2.72 bits per heavy atom. The molecular weight excluding hydrogens is 392 g/mol. The first kappa shape index (κ1) is 18.6. The molecule has 2 rings (SSSR count). The van der Waals surface area contributed by atoms with Crippen LogP contribution in [0.25, 0.3) is 0 Å². The van der Waals surface area contributed by atoms with E-state index in [4.69, 9.17) is 9.47 Å². The lowest BCUT2D eigenvalue weighted by molar-refractivity contribution is 0.0954. The van der Waals surface area contributed by atoms with Gasteiger partial charge in [-0.15, -0.1) is 0 Å². The van der Waals surface area contributed by atoms with Crippen LogP contribution in [-0.4, -0.2) is 36.1 Å². The second kappa shape index (κ2) is 8.39. The van der Waals surface area contributed by atoms with E-state index in [9.17, 15) is 15.0 Å². The predicted molar refractivity (Wildman–Crippen MR) is 96.7 cm³/mol. The molecule has 0 heterocycles. The van der Waals surface area contributed by atoms with Gasteiger partial charge in [-0.05, 0) is 47.1 Å². The number of benzene rings is 2. The molecule has 7 nitrogen and oxygen atoms in total. The summed E-state index contributed by atoms with van der Waals surface area (Å²) in [6.07, 6.45) is 1.27. The van der Waals surface area contributed by atoms with Gasteiger partial charge >= 0.3 is 0 Å². The number of hydrogen-bond donors (Lipinski definition) is 3. The minimum Gasteiger partial charge on any atom is -0.508 e. The molecule has 25 heavy (non-hydrogen) atoms. The van der Waals surface area contributed by atoms with E-state index in [2.05, 4.69) is 26.5 Å². The molecule has 0 saturated carbocycles. The number of hydrogen-bond acceptors (Lipinski definition) is 6. The Kier molecular flexibility index (Phi) is 6.24. The van der Waals surface area contributed by atoms with Gasteiger partial charge in [0.15, 0.2) is 11.5 Å².